The minimum Gasteiger partial charge on any atom is -0.481 e. The zero-order valence-corrected chi connectivity index (χ0v) is 8.73. The molecule has 6 nitrogen and oxygen atoms in total. The smallest absolute Gasteiger partial charge is 0.222 e. The number of nitrogens with one attached hydrogen (secondary N) is 1. The molecule has 1 heterocycles. The number of anilines is 1. The zero-order chi connectivity index (χ0) is 11.1. The lowest BCUT2D eigenvalue weighted by Gasteiger charge is -2.09. The molecule has 0 aliphatic heterocycles. The third-order valence-electron chi connectivity index (χ3n) is 1.95. The van der Waals surface area contributed by atoms with E-state index in [2.05, 4.69) is 15.3 Å². The number of rotatable bonds is 6. The number of ether oxygens (including phenoxy) is 1. The highest BCUT2D eigenvalue weighted by atomic mass is 16.5. The summed E-state index contributed by atoms with van der Waals surface area (Å²) in [6.07, 6.45) is 2.07. The minimum atomic E-state index is 0.172. The molecule has 0 unspecified atom stereocenters. The summed E-state index contributed by atoms with van der Waals surface area (Å²) in [4.78, 5) is 7.84. The average Bonchev–Trinajstić information content (AvgIpc) is 2.26. The van der Waals surface area contributed by atoms with Crippen molar-refractivity contribution in [2.45, 2.75) is 13.0 Å². The molecule has 6 heteroatoms. The van der Waals surface area contributed by atoms with E-state index in [1.807, 2.05) is 0 Å². The van der Waals surface area contributed by atoms with Gasteiger partial charge in [0.1, 0.15) is 12.1 Å². The van der Waals surface area contributed by atoms with Crippen molar-refractivity contribution in [3.8, 4) is 5.88 Å². The second kappa shape index (κ2) is 6.15. The van der Waals surface area contributed by atoms with Gasteiger partial charge in [-0.05, 0) is 13.0 Å². The molecule has 0 spiro atoms. The number of hydrogen-bond acceptors (Lipinski definition) is 6. The molecule has 0 amide bonds. The number of aliphatic hydroxyl groups is 1. The van der Waals surface area contributed by atoms with Gasteiger partial charge >= 0.3 is 0 Å². The monoisotopic (exact) mass is 212 g/mol. The van der Waals surface area contributed by atoms with Gasteiger partial charge < -0.3 is 20.9 Å². The molecule has 0 aromatic carbocycles. The van der Waals surface area contributed by atoms with Crippen LogP contribution in [0.5, 0.6) is 5.88 Å². The fourth-order valence-electron chi connectivity index (χ4n) is 1.17. The highest BCUT2D eigenvalue weighted by molar-refractivity contribution is 5.44. The Labute approximate surface area is 88.5 Å². The fraction of sp³-hybridized carbons (Fsp3) is 0.556. The van der Waals surface area contributed by atoms with Crippen LogP contribution in [0.25, 0.3) is 0 Å². The molecule has 0 fully saturated rings. The molecule has 15 heavy (non-hydrogen) atoms. The summed E-state index contributed by atoms with van der Waals surface area (Å²) in [6.45, 7) is 1.43. The highest BCUT2D eigenvalue weighted by Gasteiger charge is 2.08. The molecule has 0 saturated heterocycles. The molecular formula is C9H16N4O2. The van der Waals surface area contributed by atoms with Crippen LogP contribution in [0.2, 0.25) is 0 Å². The molecule has 1 rings (SSSR count). The second-order valence-electron chi connectivity index (χ2n) is 3.00. The summed E-state index contributed by atoms with van der Waals surface area (Å²) in [7, 11) is 1.54. The predicted molar refractivity (Wildman–Crippen MR) is 56.4 cm³/mol. The van der Waals surface area contributed by atoms with Crippen molar-refractivity contribution in [3.63, 3.8) is 0 Å². The van der Waals surface area contributed by atoms with E-state index in [0.29, 0.717) is 31.2 Å². The topological polar surface area (TPSA) is 93.3 Å². The van der Waals surface area contributed by atoms with Gasteiger partial charge in [0.05, 0.1) is 12.7 Å². The Kier molecular flexibility index (Phi) is 4.79. The Bertz CT molecular complexity index is 306. The highest BCUT2D eigenvalue weighted by Crippen LogP contribution is 2.18. The van der Waals surface area contributed by atoms with Crippen LogP contribution in [0, 0.1) is 0 Å². The summed E-state index contributed by atoms with van der Waals surface area (Å²) in [5.74, 6) is 0.900. The van der Waals surface area contributed by atoms with Gasteiger partial charge in [0.25, 0.3) is 0 Å². The van der Waals surface area contributed by atoms with Gasteiger partial charge in [0.15, 0.2) is 0 Å². The standard InChI is InChI=1S/C9H16N4O2/c1-15-9-7(5-11-3-2-4-14)8(10)12-6-13-9/h6,11,14H,2-5H2,1H3,(H2,10,12,13). The van der Waals surface area contributed by atoms with Crippen LogP contribution < -0.4 is 15.8 Å². The van der Waals surface area contributed by atoms with E-state index in [1.165, 1.54) is 6.33 Å². The van der Waals surface area contributed by atoms with Gasteiger partial charge in [0, 0.05) is 13.2 Å². The summed E-state index contributed by atoms with van der Waals surface area (Å²) in [5, 5.41) is 11.7. The van der Waals surface area contributed by atoms with E-state index < -0.39 is 0 Å². The van der Waals surface area contributed by atoms with Crippen molar-refractivity contribution < 1.29 is 9.84 Å². The first-order valence-corrected chi connectivity index (χ1v) is 4.74. The third kappa shape index (κ3) is 3.34. The van der Waals surface area contributed by atoms with Crippen molar-refractivity contribution in [2.75, 3.05) is 26.0 Å². The van der Waals surface area contributed by atoms with Crippen LogP contribution in [0.3, 0.4) is 0 Å². The number of nitrogens with zero attached hydrogens (tertiary/aromatic N) is 2. The first-order valence-electron chi connectivity index (χ1n) is 4.74. The van der Waals surface area contributed by atoms with Crippen molar-refractivity contribution in [1.82, 2.24) is 15.3 Å². The maximum atomic E-state index is 8.60. The van der Waals surface area contributed by atoms with E-state index in [4.69, 9.17) is 15.6 Å². The molecule has 84 valence electrons. The molecule has 1 aromatic heterocycles. The molecule has 4 N–H and O–H groups in total. The van der Waals surface area contributed by atoms with Crippen molar-refractivity contribution in [1.29, 1.82) is 0 Å². The number of hydrogen-bond donors (Lipinski definition) is 3. The molecule has 0 radical (unpaired) electrons. The van der Waals surface area contributed by atoms with Gasteiger partial charge in [-0.15, -0.1) is 0 Å². The first-order chi connectivity index (χ1) is 7.29. The lowest BCUT2D eigenvalue weighted by atomic mass is 10.3. The quantitative estimate of drug-likeness (QED) is 0.552. The van der Waals surface area contributed by atoms with Crippen LogP contribution in [0.1, 0.15) is 12.0 Å². The maximum absolute atomic E-state index is 8.60. The van der Waals surface area contributed by atoms with Crippen LogP contribution in [-0.2, 0) is 6.54 Å². The Balaban J connectivity index is 2.58. The molecule has 0 aliphatic carbocycles. The summed E-state index contributed by atoms with van der Waals surface area (Å²) >= 11 is 0. The number of aromatic nitrogens is 2. The van der Waals surface area contributed by atoms with Gasteiger partial charge in [-0.3, -0.25) is 0 Å². The lowest BCUT2D eigenvalue weighted by Crippen LogP contribution is -2.18. The summed E-state index contributed by atoms with van der Waals surface area (Å²) in [5.41, 5.74) is 6.44. The predicted octanol–water partition coefficient (Wildman–Crippen LogP) is -0.461. The third-order valence-corrected chi connectivity index (χ3v) is 1.95. The van der Waals surface area contributed by atoms with E-state index in [-0.39, 0.29) is 6.61 Å². The van der Waals surface area contributed by atoms with Gasteiger partial charge in [-0.2, -0.15) is 0 Å². The minimum absolute atomic E-state index is 0.172. The Morgan fingerprint density at radius 1 is 1.53 bits per heavy atom. The SMILES string of the molecule is COc1ncnc(N)c1CNCCCO. The molecule has 0 saturated carbocycles. The van der Waals surface area contributed by atoms with Crippen molar-refractivity contribution >= 4 is 5.82 Å². The molecule has 1 aromatic rings. The molecule has 0 bridgehead atoms. The summed E-state index contributed by atoms with van der Waals surface area (Å²) in [6, 6.07) is 0. The van der Waals surface area contributed by atoms with E-state index in [9.17, 15) is 0 Å². The second-order valence-corrected chi connectivity index (χ2v) is 3.00. The molecule has 0 atom stereocenters. The van der Waals surface area contributed by atoms with Crippen molar-refractivity contribution in [2.24, 2.45) is 0 Å². The van der Waals surface area contributed by atoms with Gasteiger partial charge in [-0.25, -0.2) is 9.97 Å². The summed E-state index contributed by atoms with van der Waals surface area (Å²) < 4.78 is 5.06. The van der Waals surface area contributed by atoms with Crippen molar-refractivity contribution in [3.05, 3.63) is 11.9 Å². The number of nitrogen functional groups attached to an aromatic ring is 1. The first kappa shape index (κ1) is 11.7. The number of aliphatic hydroxyl groups excluding tert-OH is 1. The van der Waals surface area contributed by atoms with Gasteiger partial charge in [-0.1, -0.05) is 0 Å². The van der Waals surface area contributed by atoms with Gasteiger partial charge in [0.2, 0.25) is 5.88 Å². The van der Waals surface area contributed by atoms with E-state index in [0.717, 1.165) is 5.56 Å². The van der Waals surface area contributed by atoms with E-state index >= 15 is 0 Å². The number of nitrogens with two attached hydrogens (primary N) is 1. The normalized spacial score (nSPS) is 10.3. The molecule has 0 aliphatic rings. The number of methoxy groups -OCH3 is 1. The van der Waals surface area contributed by atoms with Crippen LogP contribution in [-0.4, -0.2) is 35.3 Å². The lowest BCUT2D eigenvalue weighted by molar-refractivity contribution is 0.286. The fourth-order valence-corrected chi connectivity index (χ4v) is 1.17. The van der Waals surface area contributed by atoms with Crippen LogP contribution >= 0.6 is 0 Å². The maximum Gasteiger partial charge on any atom is 0.222 e. The Hall–Kier alpha value is -1.40. The van der Waals surface area contributed by atoms with Crippen LogP contribution in [0.4, 0.5) is 5.82 Å². The zero-order valence-electron chi connectivity index (χ0n) is 8.73. The largest absolute Gasteiger partial charge is 0.481 e. The van der Waals surface area contributed by atoms with Crippen LogP contribution in [0.15, 0.2) is 6.33 Å². The average molecular weight is 212 g/mol. The Morgan fingerprint density at radius 3 is 3.00 bits per heavy atom. The Morgan fingerprint density at radius 2 is 2.33 bits per heavy atom. The van der Waals surface area contributed by atoms with E-state index in [1.54, 1.807) is 7.11 Å². The molecular weight excluding hydrogens is 196 g/mol.